The van der Waals surface area contributed by atoms with Crippen LogP contribution in [-0.2, 0) is 11.2 Å². The third-order valence-corrected chi connectivity index (χ3v) is 3.50. The predicted octanol–water partition coefficient (Wildman–Crippen LogP) is 3.12. The molecule has 0 atom stereocenters. The Bertz CT molecular complexity index is 633. The van der Waals surface area contributed by atoms with Gasteiger partial charge in [0.15, 0.2) is 6.61 Å². The van der Waals surface area contributed by atoms with Crippen LogP contribution in [0.25, 0.3) is 0 Å². The van der Waals surface area contributed by atoms with Gasteiger partial charge in [-0.05, 0) is 30.7 Å². The van der Waals surface area contributed by atoms with Crippen molar-refractivity contribution in [3.8, 4) is 5.75 Å². The van der Waals surface area contributed by atoms with Gasteiger partial charge < -0.3 is 15.0 Å². The number of carbonyl (C=O) groups excluding carboxylic acids is 1. The first kappa shape index (κ1) is 23.0. The molecule has 1 aromatic carbocycles. The van der Waals surface area contributed by atoms with Gasteiger partial charge in [-0.15, -0.1) is 0 Å². The summed E-state index contributed by atoms with van der Waals surface area (Å²) in [5.41, 5.74) is 0.559. The quantitative estimate of drug-likeness (QED) is 0.508. The topological polar surface area (TPSA) is 41.6 Å². The highest BCUT2D eigenvalue weighted by Crippen LogP contribution is 2.46. The maximum Gasteiger partial charge on any atom is 0.460 e. The summed E-state index contributed by atoms with van der Waals surface area (Å²) in [5, 5.41) is 2.85. The minimum Gasteiger partial charge on any atom is -0.487 e. The van der Waals surface area contributed by atoms with Crippen LogP contribution in [0.15, 0.2) is 24.3 Å². The first-order valence-electron chi connectivity index (χ1n) is 7.73. The smallest absolute Gasteiger partial charge is 0.460 e. The summed E-state index contributed by atoms with van der Waals surface area (Å²) >= 11 is 0. The van der Waals surface area contributed by atoms with Gasteiger partial charge in [0.05, 0.1) is 6.54 Å². The monoisotopic (exact) mass is 404 g/mol. The first-order chi connectivity index (χ1) is 12.3. The van der Waals surface area contributed by atoms with Gasteiger partial charge in [-0.3, -0.25) is 4.79 Å². The third-order valence-electron chi connectivity index (χ3n) is 3.50. The largest absolute Gasteiger partial charge is 0.487 e. The van der Waals surface area contributed by atoms with Crippen molar-refractivity contribution in [2.75, 3.05) is 33.8 Å². The molecule has 11 heteroatoms. The SMILES string of the molecule is CN(C)C(=O)CNCCc1cccc(OCC(F)(F)C(F)(F)C(F)(F)F)c1. The number of rotatable bonds is 9. The van der Waals surface area contributed by atoms with Gasteiger partial charge in [0.2, 0.25) is 5.91 Å². The van der Waals surface area contributed by atoms with E-state index >= 15 is 0 Å². The Morgan fingerprint density at radius 1 is 1.11 bits per heavy atom. The first-order valence-corrected chi connectivity index (χ1v) is 7.73. The highest BCUT2D eigenvalue weighted by atomic mass is 19.4. The van der Waals surface area contributed by atoms with E-state index in [1.807, 2.05) is 0 Å². The molecule has 1 aromatic rings. The molecular formula is C16H19F7N2O2. The molecule has 154 valence electrons. The summed E-state index contributed by atoms with van der Waals surface area (Å²) in [6, 6.07) is 5.38. The Morgan fingerprint density at radius 3 is 2.30 bits per heavy atom. The summed E-state index contributed by atoms with van der Waals surface area (Å²) in [7, 11) is 3.17. The number of ether oxygens (including phenoxy) is 1. The predicted molar refractivity (Wildman–Crippen MR) is 83.2 cm³/mol. The van der Waals surface area contributed by atoms with E-state index in [0.717, 1.165) is 6.07 Å². The number of likely N-dealkylation sites (N-methyl/N-ethyl adjacent to an activating group) is 1. The standard InChI is InChI=1S/C16H19F7N2O2/c1-25(2)13(26)9-24-7-6-11-4-3-5-12(8-11)27-10-14(17,18)15(19,20)16(21,22)23/h3-5,8,24H,6-7,9-10H2,1-2H3. The van der Waals surface area contributed by atoms with Crippen LogP contribution in [0, 0.1) is 0 Å². The van der Waals surface area contributed by atoms with Crippen LogP contribution in [-0.4, -0.2) is 62.6 Å². The Labute approximate surface area is 151 Å². The number of halogens is 7. The van der Waals surface area contributed by atoms with E-state index in [2.05, 4.69) is 10.1 Å². The lowest BCUT2D eigenvalue weighted by atomic mass is 10.1. The molecule has 0 aromatic heterocycles. The number of alkyl halides is 7. The Morgan fingerprint density at radius 2 is 1.74 bits per heavy atom. The summed E-state index contributed by atoms with van der Waals surface area (Å²) in [4.78, 5) is 12.8. The number of benzene rings is 1. The molecule has 0 heterocycles. The van der Waals surface area contributed by atoms with Crippen molar-refractivity contribution in [2.45, 2.75) is 24.4 Å². The number of hydrogen-bond donors (Lipinski definition) is 1. The lowest BCUT2D eigenvalue weighted by Crippen LogP contribution is -2.54. The number of nitrogens with zero attached hydrogens (tertiary/aromatic N) is 1. The summed E-state index contributed by atoms with van der Waals surface area (Å²) in [6.07, 6.45) is -6.04. The van der Waals surface area contributed by atoms with E-state index in [4.69, 9.17) is 0 Å². The molecule has 1 amide bonds. The van der Waals surface area contributed by atoms with E-state index in [1.54, 1.807) is 20.2 Å². The van der Waals surface area contributed by atoms with Gasteiger partial charge in [-0.2, -0.15) is 30.7 Å². The molecule has 1 rings (SSSR count). The molecule has 0 bridgehead atoms. The Balaban J connectivity index is 2.61. The molecule has 0 fully saturated rings. The summed E-state index contributed by atoms with van der Waals surface area (Å²) < 4.78 is 92.8. The van der Waals surface area contributed by atoms with Gasteiger partial charge in [-0.25, -0.2) is 0 Å². The molecule has 0 aliphatic heterocycles. The Kier molecular flexibility index (Phi) is 7.47. The van der Waals surface area contributed by atoms with Crippen molar-refractivity contribution in [1.29, 1.82) is 0 Å². The van der Waals surface area contributed by atoms with Crippen LogP contribution in [0.1, 0.15) is 5.56 Å². The highest BCUT2D eigenvalue weighted by Gasteiger charge is 2.73. The average Bonchev–Trinajstić information content (AvgIpc) is 2.56. The van der Waals surface area contributed by atoms with E-state index in [0.29, 0.717) is 18.5 Å². The molecule has 1 N–H and O–H groups in total. The second-order valence-corrected chi connectivity index (χ2v) is 5.93. The van der Waals surface area contributed by atoms with Crippen LogP contribution in [0.5, 0.6) is 5.75 Å². The van der Waals surface area contributed by atoms with Crippen LogP contribution in [0.2, 0.25) is 0 Å². The van der Waals surface area contributed by atoms with Crippen molar-refractivity contribution in [3.63, 3.8) is 0 Å². The molecule has 0 unspecified atom stereocenters. The van der Waals surface area contributed by atoms with Crippen molar-refractivity contribution < 1.29 is 40.3 Å². The van der Waals surface area contributed by atoms with Gasteiger partial charge >= 0.3 is 18.0 Å². The van der Waals surface area contributed by atoms with Crippen LogP contribution >= 0.6 is 0 Å². The fourth-order valence-corrected chi connectivity index (χ4v) is 1.85. The van der Waals surface area contributed by atoms with Crippen molar-refractivity contribution in [1.82, 2.24) is 10.2 Å². The molecular weight excluding hydrogens is 385 g/mol. The zero-order chi connectivity index (χ0) is 20.9. The Hall–Kier alpha value is -2.04. The lowest BCUT2D eigenvalue weighted by Gasteiger charge is -2.28. The molecule has 27 heavy (non-hydrogen) atoms. The van der Waals surface area contributed by atoms with E-state index < -0.39 is 24.6 Å². The van der Waals surface area contributed by atoms with Crippen LogP contribution < -0.4 is 10.1 Å². The molecule has 0 saturated carbocycles. The van der Waals surface area contributed by atoms with Gasteiger partial charge in [0, 0.05) is 14.1 Å². The van der Waals surface area contributed by atoms with Gasteiger partial charge in [-0.1, -0.05) is 12.1 Å². The van der Waals surface area contributed by atoms with Gasteiger partial charge in [0.25, 0.3) is 0 Å². The molecule has 0 aliphatic rings. The van der Waals surface area contributed by atoms with Crippen molar-refractivity contribution >= 4 is 5.91 Å². The maximum absolute atomic E-state index is 13.2. The molecule has 0 saturated heterocycles. The minimum atomic E-state index is -6.39. The van der Waals surface area contributed by atoms with E-state index in [9.17, 15) is 35.5 Å². The summed E-state index contributed by atoms with van der Waals surface area (Å²) in [5.74, 6) is -12.1. The third kappa shape index (κ3) is 6.26. The van der Waals surface area contributed by atoms with Crippen molar-refractivity contribution in [2.24, 2.45) is 0 Å². The number of carbonyl (C=O) groups is 1. The molecule has 0 aliphatic carbocycles. The fraction of sp³-hybridized carbons (Fsp3) is 0.562. The maximum atomic E-state index is 13.2. The summed E-state index contributed by atoms with van der Waals surface area (Å²) in [6.45, 7) is -1.69. The zero-order valence-electron chi connectivity index (χ0n) is 14.5. The second-order valence-electron chi connectivity index (χ2n) is 5.93. The minimum absolute atomic E-state index is 0.0853. The average molecular weight is 404 g/mol. The highest BCUT2D eigenvalue weighted by molar-refractivity contribution is 5.77. The van der Waals surface area contributed by atoms with Gasteiger partial charge in [0.1, 0.15) is 5.75 Å². The normalized spacial score (nSPS) is 12.8. The number of hydrogen-bond acceptors (Lipinski definition) is 3. The number of nitrogens with one attached hydrogen (secondary N) is 1. The van der Waals surface area contributed by atoms with E-state index in [-0.39, 0.29) is 18.2 Å². The lowest BCUT2D eigenvalue weighted by molar-refractivity contribution is -0.358. The second kappa shape index (κ2) is 8.77. The number of amides is 1. The van der Waals surface area contributed by atoms with E-state index in [1.165, 1.54) is 17.0 Å². The van der Waals surface area contributed by atoms with Crippen LogP contribution in [0.3, 0.4) is 0 Å². The molecule has 0 radical (unpaired) electrons. The van der Waals surface area contributed by atoms with Crippen LogP contribution in [0.4, 0.5) is 30.7 Å². The molecule has 0 spiro atoms. The van der Waals surface area contributed by atoms with Crippen molar-refractivity contribution in [3.05, 3.63) is 29.8 Å². The fourth-order valence-electron chi connectivity index (χ4n) is 1.85. The zero-order valence-corrected chi connectivity index (χ0v) is 14.5. The molecule has 4 nitrogen and oxygen atoms in total.